The molecule has 0 heterocycles. The van der Waals surface area contributed by atoms with Crippen molar-refractivity contribution in [3.8, 4) is 0 Å². The standard InChI is InChI=1S/C31H61NO4/c1-6-7-8-9-10-11-12-13-14-15-17-20-23-28(2)24-21-18-16-19-22-25-31(35)36-29(26-30(33)34)27-32(3,4)5/h28-29H,6-27H2,1-5H3. The van der Waals surface area contributed by atoms with E-state index in [9.17, 15) is 14.7 Å². The van der Waals surface area contributed by atoms with Gasteiger partial charge in [-0.05, 0) is 12.3 Å². The molecule has 2 atom stereocenters. The van der Waals surface area contributed by atoms with Gasteiger partial charge in [0.25, 0.3) is 0 Å². The monoisotopic (exact) mass is 511 g/mol. The van der Waals surface area contributed by atoms with Gasteiger partial charge in [-0.1, -0.05) is 129 Å². The van der Waals surface area contributed by atoms with Crippen LogP contribution in [-0.2, 0) is 14.3 Å². The van der Waals surface area contributed by atoms with E-state index in [0.717, 1.165) is 25.2 Å². The maximum Gasteiger partial charge on any atom is 0.306 e. The van der Waals surface area contributed by atoms with Crippen molar-refractivity contribution in [2.45, 2.75) is 155 Å². The van der Waals surface area contributed by atoms with Crippen LogP contribution in [0.15, 0.2) is 0 Å². The average Bonchev–Trinajstić information content (AvgIpc) is 2.77. The largest absolute Gasteiger partial charge is 0.550 e. The first-order valence-electron chi connectivity index (χ1n) is 15.3. The van der Waals surface area contributed by atoms with Gasteiger partial charge in [-0.2, -0.15) is 0 Å². The van der Waals surface area contributed by atoms with Crippen LogP contribution >= 0.6 is 0 Å². The first-order valence-corrected chi connectivity index (χ1v) is 15.3. The van der Waals surface area contributed by atoms with E-state index in [1.54, 1.807) is 0 Å². The number of hydrogen-bond donors (Lipinski definition) is 0. The summed E-state index contributed by atoms with van der Waals surface area (Å²) in [5, 5.41) is 10.9. The minimum absolute atomic E-state index is 0.237. The Morgan fingerprint density at radius 3 is 1.53 bits per heavy atom. The fraction of sp³-hybridized carbons (Fsp3) is 0.935. The number of likely N-dealkylation sites (N-methyl/N-ethyl adjacent to an activating group) is 1. The van der Waals surface area contributed by atoms with Crippen LogP contribution in [0, 0.1) is 5.92 Å². The molecular formula is C31H61NO4. The van der Waals surface area contributed by atoms with Crippen LogP contribution in [0.4, 0.5) is 0 Å². The third-order valence-corrected chi connectivity index (χ3v) is 7.07. The van der Waals surface area contributed by atoms with E-state index in [-0.39, 0.29) is 12.4 Å². The van der Waals surface area contributed by atoms with Crippen LogP contribution in [0.5, 0.6) is 0 Å². The summed E-state index contributed by atoms with van der Waals surface area (Å²) >= 11 is 0. The van der Waals surface area contributed by atoms with Gasteiger partial charge >= 0.3 is 5.97 Å². The molecule has 214 valence electrons. The Hall–Kier alpha value is -1.10. The van der Waals surface area contributed by atoms with Crippen LogP contribution in [0.1, 0.15) is 149 Å². The molecule has 0 N–H and O–H groups in total. The van der Waals surface area contributed by atoms with Crippen molar-refractivity contribution in [3.05, 3.63) is 0 Å². The second-order valence-electron chi connectivity index (χ2n) is 12.3. The number of aliphatic carboxylic acids is 1. The minimum atomic E-state index is -1.17. The van der Waals surface area contributed by atoms with Crippen molar-refractivity contribution in [2.75, 3.05) is 27.7 Å². The molecule has 0 saturated carbocycles. The third kappa shape index (κ3) is 26.0. The molecule has 0 bridgehead atoms. The van der Waals surface area contributed by atoms with Gasteiger partial charge in [0.2, 0.25) is 0 Å². The molecule has 36 heavy (non-hydrogen) atoms. The normalized spacial score (nSPS) is 13.5. The smallest absolute Gasteiger partial charge is 0.306 e. The summed E-state index contributed by atoms with van der Waals surface area (Å²) < 4.78 is 5.96. The highest BCUT2D eigenvalue weighted by Crippen LogP contribution is 2.19. The first-order chi connectivity index (χ1) is 17.1. The number of carboxylic acids is 1. The maximum atomic E-state index is 12.1. The van der Waals surface area contributed by atoms with Crippen LogP contribution in [0.25, 0.3) is 0 Å². The Morgan fingerprint density at radius 1 is 0.694 bits per heavy atom. The second kappa shape index (κ2) is 23.0. The first kappa shape index (κ1) is 34.9. The lowest BCUT2D eigenvalue weighted by molar-refractivity contribution is -0.873. The zero-order valence-corrected chi connectivity index (χ0v) is 24.8. The molecule has 5 heteroatoms. The Morgan fingerprint density at radius 2 is 1.11 bits per heavy atom. The molecule has 0 spiro atoms. The summed E-state index contributed by atoms with van der Waals surface area (Å²) in [6.45, 7) is 5.15. The fourth-order valence-electron chi connectivity index (χ4n) is 4.96. The van der Waals surface area contributed by atoms with Crippen molar-refractivity contribution in [2.24, 2.45) is 5.92 Å². The Labute approximate surface area is 224 Å². The van der Waals surface area contributed by atoms with Crippen LogP contribution in [-0.4, -0.2) is 50.2 Å². The fourth-order valence-corrected chi connectivity index (χ4v) is 4.96. The van der Waals surface area contributed by atoms with Crippen molar-refractivity contribution >= 4 is 11.9 Å². The number of ether oxygens (including phenoxy) is 1. The van der Waals surface area contributed by atoms with E-state index in [1.807, 2.05) is 21.1 Å². The molecule has 5 nitrogen and oxygen atoms in total. The molecular weight excluding hydrogens is 450 g/mol. The number of hydrogen-bond acceptors (Lipinski definition) is 4. The zero-order valence-electron chi connectivity index (χ0n) is 24.8. The van der Waals surface area contributed by atoms with Crippen molar-refractivity contribution in [1.82, 2.24) is 0 Å². The van der Waals surface area contributed by atoms with Crippen LogP contribution in [0.2, 0.25) is 0 Å². The summed E-state index contributed by atoms with van der Waals surface area (Å²) in [7, 11) is 5.86. The minimum Gasteiger partial charge on any atom is -0.550 e. The number of unbranched alkanes of at least 4 members (excludes halogenated alkanes) is 15. The second-order valence-corrected chi connectivity index (χ2v) is 12.3. The van der Waals surface area contributed by atoms with Gasteiger partial charge in [0.15, 0.2) is 6.10 Å². The Bertz CT molecular complexity index is 529. The molecule has 0 aromatic carbocycles. The molecule has 0 aromatic rings. The lowest BCUT2D eigenvalue weighted by atomic mass is 9.96. The summed E-state index contributed by atoms with van der Waals surface area (Å²) in [6.07, 6.45) is 24.7. The molecule has 0 saturated heterocycles. The van der Waals surface area contributed by atoms with Gasteiger partial charge in [0.05, 0.1) is 21.1 Å². The van der Waals surface area contributed by atoms with Gasteiger partial charge in [-0.15, -0.1) is 0 Å². The number of carboxylic acid groups (broad SMARTS) is 1. The Balaban J connectivity index is 3.57. The predicted octanol–water partition coefficient (Wildman–Crippen LogP) is 7.20. The number of rotatable bonds is 26. The van der Waals surface area contributed by atoms with E-state index in [2.05, 4.69) is 13.8 Å². The van der Waals surface area contributed by atoms with Gasteiger partial charge in [0.1, 0.15) is 6.54 Å². The molecule has 0 radical (unpaired) electrons. The number of nitrogens with zero attached hydrogens (tertiary/aromatic N) is 1. The van der Waals surface area contributed by atoms with Crippen LogP contribution < -0.4 is 5.11 Å². The SMILES string of the molecule is CCCCCCCCCCCCCCC(C)CCCCCCCC(=O)OC(CC(=O)[O-])C[N+](C)(C)C. The van der Waals surface area contributed by atoms with Gasteiger partial charge in [-0.25, -0.2) is 0 Å². The molecule has 0 aliphatic rings. The van der Waals surface area contributed by atoms with E-state index in [0.29, 0.717) is 17.4 Å². The van der Waals surface area contributed by atoms with Crippen molar-refractivity contribution in [1.29, 1.82) is 0 Å². The maximum absolute atomic E-state index is 12.1. The highest BCUT2D eigenvalue weighted by Gasteiger charge is 2.22. The highest BCUT2D eigenvalue weighted by molar-refractivity contribution is 5.70. The van der Waals surface area contributed by atoms with Crippen molar-refractivity contribution in [3.63, 3.8) is 0 Å². The third-order valence-electron chi connectivity index (χ3n) is 7.07. The van der Waals surface area contributed by atoms with Gasteiger partial charge in [0, 0.05) is 18.8 Å². The lowest BCUT2D eigenvalue weighted by Gasteiger charge is -2.29. The molecule has 0 aliphatic carbocycles. The van der Waals surface area contributed by atoms with E-state index >= 15 is 0 Å². The van der Waals surface area contributed by atoms with Gasteiger partial charge < -0.3 is 19.1 Å². The lowest BCUT2D eigenvalue weighted by Crippen LogP contribution is -2.45. The van der Waals surface area contributed by atoms with E-state index < -0.39 is 12.1 Å². The molecule has 0 fully saturated rings. The number of quaternary nitrogens is 1. The van der Waals surface area contributed by atoms with Crippen LogP contribution in [0.3, 0.4) is 0 Å². The molecule has 0 aromatic heterocycles. The molecule has 0 amide bonds. The summed E-state index contributed by atoms with van der Waals surface area (Å²) in [5.41, 5.74) is 0. The number of esters is 1. The summed E-state index contributed by atoms with van der Waals surface area (Å²) in [5.74, 6) is -0.634. The molecule has 0 aliphatic heterocycles. The topological polar surface area (TPSA) is 66.4 Å². The number of carbonyl (C=O) groups excluding carboxylic acids is 2. The molecule has 0 rings (SSSR count). The van der Waals surface area contributed by atoms with E-state index in [1.165, 1.54) is 103 Å². The Kier molecular flexibility index (Phi) is 22.3. The molecule has 2 unspecified atom stereocenters. The highest BCUT2D eigenvalue weighted by atomic mass is 16.5. The zero-order chi connectivity index (χ0) is 27.1. The van der Waals surface area contributed by atoms with Crippen molar-refractivity contribution < 1.29 is 23.9 Å². The van der Waals surface area contributed by atoms with Gasteiger partial charge in [-0.3, -0.25) is 4.79 Å². The van der Waals surface area contributed by atoms with E-state index in [4.69, 9.17) is 4.74 Å². The summed E-state index contributed by atoms with van der Waals surface area (Å²) in [4.78, 5) is 23.1. The quantitative estimate of drug-likeness (QED) is 0.0699. The predicted molar refractivity (Wildman–Crippen MR) is 150 cm³/mol. The number of carbonyl (C=O) groups is 2. The summed E-state index contributed by atoms with van der Waals surface area (Å²) in [6, 6.07) is 0. The average molecular weight is 512 g/mol.